The van der Waals surface area contributed by atoms with Gasteiger partial charge < -0.3 is 26.0 Å². The van der Waals surface area contributed by atoms with Crippen LogP contribution >= 0.6 is 11.3 Å². The molecular weight excluding hydrogens is 480 g/mol. The average molecular weight is 509 g/mol. The predicted molar refractivity (Wildman–Crippen MR) is 137 cm³/mol. The van der Waals surface area contributed by atoms with Gasteiger partial charge in [-0.2, -0.15) is 4.98 Å². The van der Waals surface area contributed by atoms with Gasteiger partial charge in [-0.3, -0.25) is 15.0 Å². The molecule has 1 fully saturated rings. The number of nitrogens with zero attached hydrogens (tertiary/aromatic N) is 6. The van der Waals surface area contributed by atoms with Crippen molar-refractivity contribution < 1.29 is 15.3 Å². The Kier molecular flexibility index (Phi) is 6.75. The first-order valence-corrected chi connectivity index (χ1v) is 12.6. The maximum Gasteiger partial charge on any atom is 0.224 e. The highest BCUT2D eigenvalue weighted by atomic mass is 32.1. The van der Waals surface area contributed by atoms with E-state index in [-0.39, 0.29) is 13.0 Å². The average Bonchev–Trinajstić information content (AvgIpc) is 3.41. The summed E-state index contributed by atoms with van der Waals surface area (Å²) in [5.74, 6) is 0.306. The molecule has 1 aliphatic carbocycles. The van der Waals surface area contributed by atoms with Crippen molar-refractivity contribution in [3.8, 4) is 10.6 Å². The number of aromatic nitrogens is 6. The van der Waals surface area contributed by atoms with Crippen LogP contribution in [-0.4, -0.2) is 70.2 Å². The molecule has 188 valence electrons. The number of hydrogen-bond donors (Lipinski definition) is 5. The van der Waals surface area contributed by atoms with Crippen molar-refractivity contribution in [1.82, 2.24) is 29.9 Å². The van der Waals surface area contributed by atoms with Gasteiger partial charge in [-0.15, -0.1) is 11.3 Å². The zero-order valence-corrected chi connectivity index (χ0v) is 20.8. The number of aryl methyl sites for hydroxylation is 2. The lowest BCUT2D eigenvalue weighted by Crippen LogP contribution is -2.48. The summed E-state index contributed by atoms with van der Waals surface area (Å²) in [7, 11) is 0. The topological polar surface area (TPSA) is 162 Å². The first kappa shape index (κ1) is 24.4. The third-order valence-corrected chi connectivity index (χ3v) is 7.51. The quantitative estimate of drug-likeness (QED) is 0.221. The molecule has 0 aromatic carbocycles. The van der Waals surface area contributed by atoms with Gasteiger partial charge in [0.05, 0.1) is 27.3 Å². The van der Waals surface area contributed by atoms with Crippen LogP contribution in [-0.2, 0) is 6.42 Å². The Balaban J connectivity index is 1.51. The fourth-order valence-corrected chi connectivity index (χ4v) is 5.59. The summed E-state index contributed by atoms with van der Waals surface area (Å²) in [4.78, 5) is 26.8. The SMILES string of the molecule is Cc1nc(NCCc2cnccn2)nc(NC2(O)CCC(CO)C2O)c1-c1nc2c(C)nccc2s1. The summed E-state index contributed by atoms with van der Waals surface area (Å²) in [5, 5.41) is 38.6. The number of fused-ring (bicyclic) bond motifs is 1. The van der Waals surface area contributed by atoms with E-state index in [4.69, 9.17) is 4.98 Å². The normalized spacial score (nSPS) is 21.7. The first-order valence-electron chi connectivity index (χ1n) is 11.8. The first-order chi connectivity index (χ1) is 17.4. The molecule has 0 amide bonds. The van der Waals surface area contributed by atoms with E-state index in [1.54, 1.807) is 24.8 Å². The van der Waals surface area contributed by atoms with Crippen molar-refractivity contribution in [1.29, 1.82) is 0 Å². The molecule has 3 atom stereocenters. The van der Waals surface area contributed by atoms with Crippen molar-refractivity contribution in [2.24, 2.45) is 5.92 Å². The molecular formula is C24H28N8O3S. The van der Waals surface area contributed by atoms with Crippen LogP contribution in [0.3, 0.4) is 0 Å². The minimum absolute atomic E-state index is 0.208. The van der Waals surface area contributed by atoms with Gasteiger partial charge in [0.15, 0.2) is 5.72 Å². The number of nitrogens with one attached hydrogen (secondary N) is 2. The van der Waals surface area contributed by atoms with Crippen LogP contribution in [0.2, 0.25) is 0 Å². The summed E-state index contributed by atoms with van der Waals surface area (Å²) in [6, 6.07) is 1.91. The summed E-state index contributed by atoms with van der Waals surface area (Å²) in [6.07, 6.45) is 6.96. The highest BCUT2D eigenvalue weighted by Gasteiger charge is 2.47. The number of aliphatic hydroxyl groups excluding tert-OH is 2. The molecule has 36 heavy (non-hydrogen) atoms. The second-order valence-electron chi connectivity index (χ2n) is 8.97. The van der Waals surface area contributed by atoms with E-state index in [2.05, 4.69) is 35.6 Å². The number of aliphatic hydroxyl groups is 3. The predicted octanol–water partition coefficient (Wildman–Crippen LogP) is 2.07. The highest BCUT2D eigenvalue weighted by Crippen LogP contribution is 2.40. The Morgan fingerprint density at radius 2 is 1.97 bits per heavy atom. The van der Waals surface area contributed by atoms with Crippen LogP contribution in [0.5, 0.6) is 0 Å². The molecule has 3 unspecified atom stereocenters. The van der Waals surface area contributed by atoms with Gasteiger partial charge in [0, 0.05) is 50.3 Å². The van der Waals surface area contributed by atoms with Gasteiger partial charge in [-0.25, -0.2) is 9.97 Å². The van der Waals surface area contributed by atoms with Crippen LogP contribution in [0.25, 0.3) is 20.8 Å². The number of thiazole rings is 1. The zero-order chi connectivity index (χ0) is 25.3. The van der Waals surface area contributed by atoms with Crippen molar-refractivity contribution in [3.05, 3.63) is 47.9 Å². The van der Waals surface area contributed by atoms with Gasteiger partial charge in [0.25, 0.3) is 0 Å². The van der Waals surface area contributed by atoms with E-state index in [9.17, 15) is 15.3 Å². The lowest BCUT2D eigenvalue weighted by atomic mass is 10.0. The lowest BCUT2D eigenvalue weighted by molar-refractivity contribution is -0.0545. The molecule has 0 saturated heterocycles. The number of pyridine rings is 1. The Bertz CT molecular complexity index is 1370. The number of rotatable bonds is 8. The molecule has 4 aromatic heterocycles. The van der Waals surface area contributed by atoms with E-state index in [1.807, 2.05) is 19.9 Å². The Morgan fingerprint density at radius 3 is 2.69 bits per heavy atom. The summed E-state index contributed by atoms with van der Waals surface area (Å²) in [5.41, 5.74) is 2.12. The molecule has 0 spiro atoms. The summed E-state index contributed by atoms with van der Waals surface area (Å²) >= 11 is 1.49. The van der Waals surface area contributed by atoms with Gasteiger partial charge >= 0.3 is 0 Å². The molecule has 4 heterocycles. The van der Waals surface area contributed by atoms with Gasteiger partial charge in [0.1, 0.15) is 22.4 Å². The van der Waals surface area contributed by atoms with E-state index >= 15 is 0 Å². The molecule has 1 aliphatic rings. The third kappa shape index (κ3) is 4.72. The lowest BCUT2D eigenvalue weighted by Gasteiger charge is -2.31. The molecule has 12 heteroatoms. The molecule has 5 N–H and O–H groups in total. The third-order valence-electron chi connectivity index (χ3n) is 6.48. The molecule has 4 aromatic rings. The standard InChI is InChI=1S/C24H28N8O3S/c1-13-18(22-30-19-14(2)26-8-5-17(19)36-22)21(32-24(35)6-3-15(12-33)20(24)34)31-23(29-13)28-7-4-16-11-25-9-10-27-16/h5,8-11,15,20,33-35H,3-4,6-7,12H2,1-2H3,(H2,28,29,31,32). The van der Waals surface area contributed by atoms with Crippen LogP contribution < -0.4 is 10.6 Å². The van der Waals surface area contributed by atoms with Crippen molar-refractivity contribution in [3.63, 3.8) is 0 Å². The van der Waals surface area contributed by atoms with E-state index < -0.39 is 17.7 Å². The maximum atomic E-state index is 11.3. The van der Waals surface area contributed by atoms with Crippen molar-refractivity contribution in [2.45, 2.75) is 44.9 Å². The highest BCUT2D eigenvalue weighted by molar-refractivity contribution is 7.21. The molecule has 11 nitrogen and oxygen atoms in total. The van der Waals surface area contributed by atoms with Gasteiger partial charge in [-0.05, 0) is 32.8 Å². The fourth-order valence-electron chi connectivity index (χ4n) is 4.48. The van der Waals surface area contributed by atoms with Crippen molar-refractivity contribution >= 4 is 33.3 Å². The molecule has 5 rings (SSSR count). The largest absolute Gasteiger partial charge is 0.396 e. The van der Waals surface area contributed by atoms with E-state index in [0.29, 0.717) is 47.4 Å². The number of hydrogen-bond acceptors (Lipinski definition) is 12. The second kappa shape index (κ2) is 9.97. The fraction of sp³-hybridized carbons (Fsp3) is 0.417. The van der Waals surface area contributed by atoms with Crippen LogP contribution in [0.1, 0.15) is 29.9 Å². The van der Waals surface area contributed by atoms with Crippen molar-refractivity contribution in [2.75, 3.05) is 23.8 Å². The van der Waals surface area contributed by atoms with Crippen LogP contribution in [0.15, 0.2) is 30.9 Å². The second-order valence-corrected chi connectivity index (χ2v) is 10.00. The number of anilines is 2. The summed E-state index contributed by atoms with van der Waals surface area (Å²) < 4.78 is 0.981. The molecule has 0 aliphatic heterocycles. The van der Waals surface area contributed by atoms with Crippen LogP contribution in [0, 0.1) is 19.8 Å². The monoisotopic (exact) mass is 508 g/mol. The Labute approximate surface area is 211 Å². The Morgan fingerprint density at radius 1 is 1.11 bits per heavy atom. The van der Waals surface area contributed by atoms with E-state index in [0.717, 1.165) is 21.6 Å². The van der Waals surface area contributed by atoms with E-state index in [1.165, 1.54) is 11.3 Å². The van der Waals surface area contributed by atoms with Crippen LogP contribution in [0.4, 0.5) is 11.8 Å². The van der Waals surface area contributed by atoms with Gasteiger partial charge in [-0.1, -0.05) is 0 Å². The molecule has 1 saturated carbocycles. The maximum absolute atomic E-state index is 11.3. The summed E-state index contributed by atoms with van der Waals surface area (Å²) in [6.45, 7) is 4.09. The minimum Gasteiger partial charge on any atom is -0.396 e. The minimum atomic E-state index is -1.64. The van der Waals surface area contributed by atoms with Gasteiger partial charge in [0.2, 0.25) is 5.95 Å². The molecule has 0 radical (unpaired) electrons. The Hall–Kier alpha value is -3.32. The smallest absolute Gasteiger partial charge is 0.224 e. The zero-order valence-electron chi connectivity index (χ0n) is 20.0. The molecule has 0 bridgehead atoms.